The van der Waals surface area contributed by atoms with Crippen LogP contribution in [0.25, 0.3) is 0 Å². The molecule has 0 aromatic heterocycles. The smallest absolute Gasteiger partial charge is 0.305 e. The van der Waals surface area contributed by atoms with E-state index >= 15 is 0 Å². The summed E-state index contributed by atoms with van der Waals surface area (Å²) in [5, 5.41) is 16.8. The molecule has 4 N–H and O–H groups in total. The van der Waals surface area contributed by atoms with Crippen LogP contribution in [0.4, 0.5) is 0 Å². The van der Waals surface area contributed by atoms with Gasteiger partial charge in [0.2, 0.25) is 0 Å². The molecule has 0 radical (unpaired) electrons. The molecule has 0 aromatic carbocycles. The number of carboxylic acids is 2. The van der Waals surface area contributed by atoms with E-state index in [4.69, 9.17) is 15.9 Å². The topological polar surface area (TPSA) is 118 Å². The molecule has 0 spiro atoms. The molecular weight excluding hydrogens is 178 g/mol. The molecule has 0 unspecified atom stereocenters. The van der Waals surface area contributed by atoms with Crippen LogP contribution >= 0.6 is 0 Å². The number of hydrogen-bond donors (Lipinski definition) is 3. The van der Waals surface area contributed by atoms with Crippen molar-refractivity contribution in [3.8, 4) is 0 Å². The van der Waals surface area contributed by atoms with Gasteiger partial charge in [-0.1, -0.05) is 0 Å². The SMILES string of the molecule is CC(=O)C(N)(CC(=O)O)CC(=O)O. The van der Waals surface area contributed by atoms with Crippen molar-refractivity contribution in [2.75, 3.05) is 0 Å². The molecule has 0 aliphatic carbocycles. The van der Waals surface area contributed by atoms with Gasteiger partial charge in [0.15, 0.2) is 5.78 Å². The molecule has 0 rings (SSSR count). The first-order valence-corrected chi connectivity index (χ1v) is 3.51. The van der Waals surface area contributed by atoms with Crippen LogP contribution in [0.1, 0.15) is 19.8 Å². The quantitative estimate of drug-likeness (QED) is 0.522. The highest BCUT2D eigenvalue weighted by molar-refractivity contribution is 5.93. The monoisotopic (exact) mass is 189 g/mol. The van der Waals surface area contributed by atoms with Crippen molar-refractivity contribution in [1.82, 2.24) is 0 Å². The lowest BCUT2D eigenvalue weighted by Crippen LogP contribution is -2.50. The standard InChI is InChI=1S/C7H11NO5/c1-4(9)7(8,2-5(10)11)3-6(12)13/h2-3,8H2,1H3,(H,10,11)(H,12,13). The average Bonchev–Trinajstić information content (AvgIpc) is 1.82. The number of carbonyl (C=O) groups is 3. The highest BCUT2D eigenvalue weighted by Gasteiger charge is 2.35. The molecule has 13 heavy (non-hydrogen) atoms. The van der Waals surface area contributed by atoms with Gasteiger partial charge in [-0.3, -0.25) is 14.4 Å². The third-order valence-corrected chi connectivity index (χ3v) is 1.63. The summed E-state index contributed by atoms with van der Waals surface area (Å²) in [6.07, 6.45) is -1.34. The number of carbonyl (C=O) groups excluding carboxylic acids is 1. The van der Waals surface area contributed by atoms with Crippen molar-refractivity contribution in [2.45, 2.75) is 25.3 Å². The molecule has 0 aliphatic rings. The number of Topliss-reactive ketones (excluding diaryl/α,β-unsaturated/α-hetero) is 1. The first-order chi connectivity index (χ1) is 5.78. The second-order valence-electron chi connectivity index (χ2n) is 2.85. The first kappa shape index (κ1) is 11.6. The van der Waals surface area contributed by atoms with Gasteiger partial charge in [0, 0.05) is 0 Å². The van der Waals surface area contributed by atoms with Crippen molar-refractivity contribution in [1.29, 1.82) is 0 Å². The highest BCUT2D eigenvalue weighted by Crippen LogP contribution is 2.13. The second kappa shape index (κ2) is 3.99. The van der Waals surface area contributed by atoms with Gasteiger partial charge in [-0.15, -0.1) is 0 Å². The van der Waals surface area contributed by atoms with Crippen LogP contribution in [-0.4, -0.2) is 33.5 Å². The largest absolute Gasteiger partial charge is 0.481 e. The molecule has 0 amide bonds. The van der Waals surface area contributed by atoms with Gasteiger partial charge in [0.05, 0.1) is 18.4 Å². The Bertz CT molecular complexity index is 231. The Labute approximate surface area is 74.3 Å². The molecule has 0 aromatic rings. The van der Waals surface area contributed by atoms with E-state index in [1.54, 1.807) is 0 Å². The average molecular weight is 189 g/mol. The zero-order valence-electron chi connectivity index (χ0n) is 7.11. The maximum Gasteiger partial charge on any atom is 0.305 e. The highest BCUT2D eigenvalue weighted by atomic mass is 16.4. The Kier molecular flexibility index (Phi) is 3.55. The number of nitrogens with two attached hydrogens (primary N) is 1. The van der Waals surface area contributed by atoms with Crippen LogP contribution in [0.2, 0.25) is 0 Å². The van der Waals surface area contributed by atoms with Crippen LogP contribution in [0.15, 0.2) is 0 Å². The molecule has 0 saturated carbocycles. The molecule has 0 atom stereocenters. The van der Waals surface area contributed by atoms with Gasteiger partial charge in [0.25, 0.3) is 0 Å². The Morgan fingerprint density at radius 3 is 1.62 bits per heavy atom. The lowest BCUT2D eigenvalue weighted by molar-refractivity contribution is -0.145. The van der Waals surface area contributed by atoms with Gasteiger partial charge in [0.1, 0.15) is 0 Å². The predicted octanol–water partition coefficient (Wildman–Crippen LogP) is -0.778. The van der Waals surface area contributed by atoms with E-state index in [-0.39, 0.29) is 0 Å². The predicted molar refractivity (Wildman–Crippen MR) is 42.1 cm³/mol. The van der Waals surface area contributed by atoms with Crippen molar-refractivity contribution < 1.29 is 24.6 Å². The summed E-state index contributed by atoms with van der Waals surface area (Å²) in [6.45, 7) is 1.08. The third kappa shape index (κ3) is 3.66. The number of rotatable bonds is 5. The van der Waals surface area contributed by atoms with Gasteiger partial charge < -0.3 is 15.9 Å². The van der Waals surface area contributed by atoms with E-state index in [1.165, 1.54) is 0 Å². The van der Waals surface area contributed by atoms with Crippen LogP contribution in [0.3, 0.4) is 0 Å². The second-order valence-corrected chi connectivity index (χ2v) is 2.85. The van der Waals surface area contributed by atoms with Crippen LogP contribution < -0.4 is 5.73 Å². The fraction of sp³-hybridized carbons (Fsp3) is 0.571. The number of carboxylic acid groups (broad SMARTS) is 2. The first-order valence-electron chi connectivity index (χ1n) is 3.51. The van der Waals surface area contributed by atoms with E-state index < -0.39 is 36.1 Å². The molecule has 0 aliphatic heterocycles. The van der Waals surface area contributed by atoms with E-state index in [9.17, 15) is 14.4 Å². The van der Waals surface area contributed by atoms with E-state index in [1.807, 2.05) is 0 Å². The van der Waals surface area contributed by atoms with E-state index in [2.05, 4.69) is 0 Å². The Morgan fingerprint density at radius 1 is 1.15 bits per heavy atom. The molecular formula is C7H11NO5. The van der Waals surface area contributed by atoms with Crippen molar-refractivity contribution in [2.24, 2.45) is 5.73 Å². The summed E-state index contributed by atoms with van der Waals surface area (Å²) in [5.41, 5.74) is 3.54. The van der Waals surface area contributed by atoms with Crippen molar-refractivity contribution in [3.63, 3.8) is 0 Å². The zero-order valence-corrected chi connectivity index (χ0v) is 7.11. The molecule has 74 valence electrons. The molecule has 0 saturated heterocycles. The lowest BCUT2D eigenvalue weighted by Gasteiger charge is -2.21. The minimum Gasteiger partial charge on any atom is -0.481 e. The Hall–Kier alpha value is -1.43. The normalized spacial score (nSPS) is 10.9. The van der Waals surface area contributed by atoms with Crippen molar-refractivity contribution in [3.05, 3.63) is 0 Å². The van der Waals surface area contributed by atoms with E-state index in [0.29, 0.717) is 0 Å². The van der Waals surface area contributed by atoms with Gasteiger partial charge in [-0.05, 0) is 6.92 Å². The summed E-state index contributed by atoms with van der Waals surface area (Å²) < 4.78 is 0. The van der Waals surface area contributed by atoms with Crippen LogP contribution in [-0.2, 0) is 14.4 Å². The number of aliphatic carboxylic acids is 2. The minimum absolute atomic E-state index is 0.641. The summed E-state index contributed by atoms with van der Waals surface area (Å²) in [5.74, 6) is -3.23. The molecule has 0 fully saturated rings. The zero-order chi connectivity index (χ0) is 10.6. The van der Waals surface area contributed by atoms with Gasteiger partial charge >= 0.3 is 11.9 Å². The van der Waals surface area contributed by atoms with Crippen LogP contribution in [0.5, 0.6) is 0 Å². The summed E-state index contributed by atoms with van der Waals surface area (Å²) in [6, 6.07) is 0. The molecule has 0 bridgehead atoms. The Morgan fingerprint density at radius 2 is 1.46 bits per heavy atom. The summed E-state index contributed by atoms with van der Waals surface area (Å²) in [4.78, 5) is 31.4. The van der Waals surface area contributed by atoms with Crippen LogP contribution in [0, 0.1) is 0 Å². The fourth-order valence-electron chi connectivity index (χ4n) is 0.851. The maximum atomic E-state index is 10.9. The van der Waals surface area contributed by atoms with Gasteiger partial charge in [-0.25, -0.2) is 0 Å². The van der Waals surface area contributed by atoms with E-state index in [0.717, 1.165) is 6.92 Å². The number of ketones is 1. The molecule has 0 heterocycles. The van der Waals surface area contributed by atoms with Crippen molar-refractivity contribution >= 4 is 17.7 Å². The fourth-order valence-corrected chi connectivity index (χ4v) is 0.851. The summed E-state index contributed by atoms with van der Waals surface area (Å²) in [7, 11) is 0. The minimum atomic E-state index is -1.79. The van der Waals surface area contributed by atoms with Gasteiger partial charge in [-0.2, -0.15) is 0 Å². The number of hydrogen-bond acceptors (Lipinski definition) is 4. The summed E-state index contributed by atoms with van der Waals surface area (Å²) >= 11 is 0. The molecule has 6 nitrogen and oxygen atoms in total. The molecule has 6 heteroatoms. The maximum absolute atomic E-state index is 10.9. The lowest BCUT2D eigenvalue weighted by atomic mass is 9.88. The Balaban J connectivity index is 4.62. The third-order valence-electron chi connectivity index (χ3n) is 1.63.